The van der Waals surface area contributed by atoms with E-state index in [1.807, 2.05) is 6.92 Å². The van der Waals surface area contributed by atoms with Crippen molar-refractivity contribution in [1.82, 2.24) is 5.32 Å². The molecule has 0 unspecified atom stereocenters. The van der Waals surface area contributed by atoms with E-state index < -0.39 is 11.4 Å². The molecule has 1 saturated carbocycles. The Labute approximate surface area is 77.6 Å². The van der Waals surface area contributed by atoms with Gasteiger partial charge < -0.3 is 10.1 Å². The summed E-state index contributed by atoms with van der Waals surface area (Å²) in [5.41, 5.74) is -0.843. The van der Waals surface area contributed by atoms with Crippen LogP contribution in [0.4, 0.5) is 0 Å². The Bertz CT molecular complexity index is 221. The fourth-order valence-electron chi connectivity index (χ4n) is 1.25. The number of carbonyl (C=O) groups is 2. The van der Waals surface area contributed by atoms with Crippen molar-refractivity contribution in [2.45, 2.75) is 26.2 Å². The second kappa shape index (κ2) is 3.77. The van der Waals surface area contributed by atoms with Gasteiger partial charge in [-0.2, -0.15) is 0 Å². The Morgan fingerprint density at radius 3 is 2.46 bits per heavy atom. The lowest BCUT2D eigenvalue weighted by molar-refractivity contribution is -0.152. The van der Waals surface area contributed by atoms with E-state index in [0.29, 0.717) is 19.4 Å². The fraction of sp³-hybridized carbons (Fsp3) is 0.778. The van der Waals surface area contributed by atoms with Crippen molar-refractivity contribution in [2.75, 3.05) is 13.7 Å². The van der Waals surface area contributed by atoms with Crippen LogP contribution in [0.1, 0.15) is 26.2 Å². The highest BCUT2D eigenvalue weighted by atomic mass is 16.5. The minimum absolute atomic E-state index is 0.179. The van der Waals surface area contributed by atoms with Gasteiger partial charge in [-0.3, -0.25) is 9.59 Å². The fourth-order valence-corrected chi connectivity index (χ4v) is 1.25. The molecule has 0 radical (unpaired) electrons. The summed E-state index contributed by atoms with van der Waals surface area (Å²) in [5.74, 6) is -0.581. The van der Waals surface area contributed by atoms with E-state index in [-0.39, 0.29) is 5.91 Å². The number of amides is 1. The Balaban J connectivity index is 2.50. The second-order valence-corrected chi connectivity index (χ2v) is 3.33. The number of ether oxygens (including phenoxy) is 1. The maximum absolute atomic E-state index is 11.5. The molecule has 0 bridgehead atoms. The zero-order valence-corrected chi connectivity index (χ0v) is 8.05. The smallest absolute Gasteiger partial charge is 0.321 e. The highest BCUT2D eigenvalue weighted by Gasteiger charge is 2.57. The molecule has 13 heavy (non-hydrogen) atoms. The molecule has 1 rings (SSSR count). The first kappa shape index (κ1) is 10.0. The highest BCUT2D eigenvalue weighted by molar-refractivity contribution is 6.05. The summed E-state index contributed by atoms with van der Waals surface area (Å²) in [5, 5.41) is 2.71. The van der Waals surface area contributed by atoms with E-state index >= 15 is 0 Å². The monoisotopic (exact) mass is 185 g/mol. The Kier molecular flexibility index (Phi) is 2.90. The van der Waals surface area contributed by atoms with Crippen LogP contribution >= 0.6 is 0 Å². The number of esters is 1. The second-order valence-electron chi connectivity index (χ2n) is 3.33. The minimum atomic E-state index is -0.843. The summed E-state index contributed by atoms with van der Waals surface area (Å²) in [4.78, 5) is 22.7. The highest BCUT2D eigenvalue weighted by Crippen LogP contribution is 2.46. The normalized spacial score (nSPS) is 17.7. The van der Waals surface area contributed by atoms with Gasteiger partial charge in [0, 0.05) is 6.54 Å². The van der Waals surface area contributed by atoms with E-state index in [2.05, 4.69) is 10.1 Å². The van der Waals surface area contributed by atoms with Crippen molar-refractivity contribution in [3.8, 4) is 0 Å². The molecule has 1 fully saturated rings. The summed E-state index contributed by atoms with van der Waals surface area (Å²) < 4.78 is 4.58. The standard InChI is InChI=1S/C9H15NO3/c1-3-6-10-7(11)9(4-5-9)8(12)13-2/h3-6H2,1-2H3,(H,10,11). The van der Waals surface area contributed by atoms with Crippen LogP contribution in [0.2, 0.25) is 0 Å². The Hall–Kier alpha value is -1.06. The number of hydrogen-bond donors (Lipinski definition) is 1. The first-order valence-electron chi connectivity index (χ1n) is 4.54. The lowest BCUT2D eigenvalue weighted by Crippen LogP contribution is -2.37. The van der Waals surface area contributed by atoms with Gasteiger partial charge in [0.05, 0.1) is 7.11 Å². The number of hydrogen-bond acceptors (Lipinski definition) is 3. The van der Waals surface area contributed by atoms with Crippen LogP contribution in [-0.4, -0.2) is 25.5 Å². The van der Waals surface area contributed by atoms with Gasteiger partial charge >= 0.3 is 5.97 Å². The third kappa shape index (κ3) is 1.82. The van der Waals surface area contributed by atoms with Gasteiger partial charge in [0.25, 0.3) is 0 Å². The van der Waals surface area contributed by atoms with Crippen LogP contribution in [0.25, 0.3) is 0 Å². The average Bonchev–Trinajstić information content (AvgIpc) is 2.93. The van der Waals surface area contributed by atoms with Crippen molar-refractivity contribution in [3.63, 3.8) is 0 Å². The molecule has 0 aromatic carbocycles. The molecule has 0 aliphatic heterocycles. The van der Waals surface area contributed by atoms with Crippen LogP contribution in [0.15, 0.2) is 0 Å². The average molecular weight is 185 g/mol. The van der Waals surface area contributed by atoms with Gasteiger partial charge in [0.2, 0.25) is 5.91 Å². The SMILES string of the molecule is CCCNC(=O)C1(C(=O)OC)CC1. The van der Waals surface area contributed by atoms with E-state index in [1.54, 1.807) is 0 Å². The summed E-state index contributed by atoms with van der Waals surface area (Å²) in [7, 11) is 1.31. The summed E-state index contributed by atoms with van der Waals surface area (Å²) >= 11 is 0. The predicted octanol–water partition coefficient (Wildman–Crippen LogP) is 0.466. The first-order valence-corrected chi connectivity index (χ1v) is 4.54. The lowest BCUT2D eigenvalue weighted by atomic mass is 10.1. The van der Waals surface area contributed by atoms with Gasteiger partial charge in [0.1, 0.15) is 5.41 Å². The zero-order chi connectivity index (χ0) is 9.90. The molecule has 0 aromatic heterocycles. The van der Waals surface area contributed by atoms with Gasteiger partial charge in [-0.15, -0.1) is 0 Å². The molecule has 4 nitrogen and oxygen atoms in total. The molecular weight excluding hydrogens is 170 g/mol. The summed E-state index contributed by atoms with van der Waals surface area (Å²) in [6.07, 6.45) is 2.12. The molecular formula is C9H15NO3. The van der Waals surface area contributed by atoms with Crippen LogP contribution in [0.5, 0.6) is 0 Å². The molecule has 0 spiro atoms. The summed E-state index contributed by atoms with van der Waals surface area (Å²) in [6, 6.07) is 0. The Morgan fingerprint density at radius 1 is 1.46 bits per heavy atom. The van der Waals surface area contributed by atoms with Crippen LogP contribution in [-0.2, 0) is 14.3 Å². The molecule has 0 saturated heterocycles. The van der Waals surface area contributed by atoms with Crippen molar-refractivity contribution in [2.24, 2.45) is 5.41 Å². The molecule has 74 valence electrons. The molecule has 1 N–H and O–H groups in total. The van der Waals surface area contributed by atoms with E-state index in [4.69, 9.17) is 0 Å². The van der Waals surface area contributed by atoms with E-state index in [1.165, 1.54) is 7.11 Å². The summed E-state index contributed by atoms with van der Waals surface area (Å²) in [6.45, 7) is 2.59. The van der Waals surface area contributed by atoms with E-state index in [0.717, 1.165) is 6.42 Å². The maximum Gasteiger partial charge on any atom is 0.321 e. The Morgan fingerprint density at radius 2 is 2.08 bits per heavy atom. The number of rotatable bonds is 4. The van der Waals surface area contributed by atoms with Crippen molar-refractivity contribution in [3.05, 3.63) is 0 Å². The van der Waals surface area contributed by atoms with Crippen LogP contribution < -0.4 is 5.32 Å². The van der Waals surface area contributed by atoms with Gasteiger partial charge in [0.15, 0.2) is 0 Å². The maximum atomic E-state index is 11.5. The third-order valence-corrected chi connectivity index (χ3v) is 2.30. The van der Waals surface area contributed by atoms with Gasteiger partial charge in [-0.25, -0.2) is 0 Å². The quantitative estimate of drug-likeness (QED) is 0.511. The van der Waals surface area contributed by atoms with Crippen LogP contribution in [0, 0.1) is 5.41 Å². The molecule has 1 amide bonds. The number of carbonyl (C=O) groups excluding carboxylic acids is 2. The van der Waals surface area contributed by atoms with Gasteiger partial charge in [-0.1, -0.05) is 6.92 Å². The number of nitrogens with one attached hydrogen (secondary N) is 1. The molecule has 4 heteroatoms. The molecule has 1 aliphatic rings. The molecule has 0 heterocycles. The number of methoxy groups -OCH3 is 1. The molecule has 1 aliphatic carbocycles. The van der Waals surface area contributed by atoms with Crippen LogP contribution in [0.3, 0.4) is 0 Å². The lowest BCUT2D eigenvalue weighted by Gasteiger charge is -2.11. The topological polar surface area (TPSA) is 55.4 Å². The zero-order valence-electron chi connectivity index (χ0n) is 8.05. The van der Waals surface area contributed by atoms with Gasteiger partial charge in [-0.05, 0) is 19.3 Å². The first-order chi connectivity index (χ1) is 6.17. The largest absolute Gasteiger partial charge is 0.468 e. The van der Waals surface area contributed by atoms with Crippen molar-refractivity contribution >= 4 is 11.9 Å². The van der Waals surface area contributed by atoms with Crippen molar-refractivity contribution in [1.29, 1.82) is 0 Å². The van der Waals surface area contributed by atoms with Crippen molar-refractivity contribution < 1.29 is 14.3 Å². The minimum Gasteiger partial charge on any atom is -0.468 e. The van der Waals surface area contributed by atoms with E-state index in [9.17, 15) is 9.59 Å². The predicted molar refractivity (Wildman–Crippen MR) is 47.0 cm³/mol. The third-order valence-electron chi connectivity index (χ3n) is 2.30. The molecule has 0 aromatic rings. The molecule has 0 atom stereocenters.